The van der Waals surface area contributed by atoms with Crippen LogP contribution in [0.4, 0.5) is 0 Å². The maximum absolute atomic E-state index is 12.5. The molecule has 1 amide bonds. The van der Waals surface area contributed by atoms with Crippen LogP contribution in [0.15, 0.2) is 24.3 Å². The number of hydrogen-bond donors (Lipinski definition) is 1. The van der Waals surface area contributed by atoms with Gasteiger partial charge in [0.1, 0.15) is 6.54 Å². The predicted molar refractivity (Wildman–Crippen MR) is 74.4 cm³/mol. The van der Waals surface area contributed by atoms with E-state index in [0.717, 1.165) is 12.8 Å². The Labute approximate surface area is 118 Å². The largest absolute Gasteiger partial charge is 0.480 e. The number of likely N-dealkylation sites (N-methyl/N-ethyl adjacent to an activating group) is 1. The van der Waals surface area contributed by atoms with Gasteiger partial charge in [0.05, 0.1) is 0 Å². The zero-order valence-electron chi connectivity index (χ0n) is 11.6. The average Bonchev–Trinajstić information content (AvgIpc) is 3.18. The molecule has 0 radical (unpaired) electrons. The van der Waals surface area contributed by atoms with E-state index in [0.29, 0.717) is 18.4 Å². The summed E-state index contributed by atoms with van der Waals surface area (Å²) in [5.41, 5.74) is 2.65. The number of hydrogen-bond acceptors (Lipinski definition) is 2. The molecule has 3 atom stereocenters. The first-order chi connectivity index (χ1) is 9.63. The van der Waals surface area contributed by atoms with E-state index in [1.165, 1.54) is 16.0 Å². The second-order valence-corrected chi connectivity index (χ2v) is 5.70. The summed E-state index contributed by atoms with van der Waals surface area (Å²) < 4.78 is 0. The highest BCUT2D eigenvalue weighted by Gasteiger charge is 2.57. The van der Waals surface area contributed by atoms with Crippen LogP contribution in [0.5, 0.6) is 0 Å². The van der Waals surface area contributed by atoms with E-state index in [2.05, 4.69) is 12.1 Å². The molecule has 4 nitrogen and oxygen atoms in total. The summed E-state index contributed by atoms with van der Waals surface area (Å²) in [5, 5.41) is 8.89. The number of carboxylic acids is 1. The number of benzene rings is 1. The van der Waals surface area contributed by atoms with Crippen molar-refractivity contribution in [3.05, 3.63) is 35.4 Å². The van der Waals surface area contributed by atoms with E-state index in [-0.39, 0.29) is 18.4 Å². The topological polar surface area (TPSA) is 57.6 Å². The zero-order valence-corrected chi connectivity index (χ0v) is 11.6. The second-order valence-electron chi connectivity index (χ2n) is 5.70. The van der Waals surface area contributed by atoms with Gasteiger partial charge in [-0.3, -0.25) is 9.59 Å². The molecule has 4 heteroatoms. The van der Waals surface area contributed by atoms with Crippen molar-refractivity contribution in [3.8, 4) is 0 Å². The fourth-order valence-corrected chi connectivity index (χ4v) is 3.62. The first-order valence-electron chi connectivity index (χ1n) is 7.22. The van der Waals surface area contributed by atoms with Crippen molar-refractivity contribution in [2.75, 3.05) is 13.1 Å². The standard InChI is InChI=1S/C16H19NO3/c1-2-17(9-13(18)19)16(20)15-12-8-7-10-5-3-4-6-11(10)14(12)15/h3-6,12,14-15H,2,7-9H2,1H3,(H,18,19). The molecule has 2 aliphatic rings. The van der Waals surface area contributed by atoms with Crippen LogP contribution in [-0.2, 0) is 16.0 Å². The van der Waals surface area contributed by atoms with Crippen LogP contribution < -0.4 is 0 Å². The third-order valence-corrected chi connectivity index (χ3v) is 4.63. The predicted octanol–water partition coefficient (Wildman–Crippen LogP) is 1.90. The van der Waals surface area contributed by atoms with Crippen LogP contribution in [0.25, 0.3) is 0 Å². The quantitative estimate of drug-likeness (QED) is 0.911. The van der Waals surface area contributed by atoms with Crippen LogP contribution in [-0.4, -0.2) is 35.0 Å². The molecule has 0 heterocycles. The molecule has 20 heavy (non-hydrogen) atoms. The molecular formula is C16H19NO3. The van der Waals surface area contributed by atoms with Gasteiger partial charge in [0.25, 0.3) is 0 Å². The van der Waals surface area contributed by atoms with E-state index in [1.54, 1.807) is 0 Å². The van der Waals surface area contributed by atoms with Crippen molar-refractivity contribution >= 4 is 11.9 Å². The van der Waals surface area contributed by atoms with Crippen LogP contribution in [0.2, 0.25) is 0 Å². The van der Waals surface area contributed by atoms with E-state index in [4.69, 9.17) is 5.11 Å². The molecule has 1 saturated carbocycles. The van der Waals surface area contributed by atoms with E-state index in [1.807, 2.05) is 19.1 Å². The number of carbonyl (C=O) groups is 2. The van der Waals surface area contributed by atoms with Gasteiger partial charge < -0.3 is 10.0 Å². The Morgan fingerprint density at radius 2 is 2.10 bits per heavy atom. The van der Waals surface area contributed by atoms with Crippen LogP contribution in [0.1, 0.15) is 30.4 Å². The summed E-state index contributed by atoms with van der Waals surface area (Å²) in [6.45, 7) is 2.11. The third-order valence-electron chi connectivity index (χ3n) is 4.63. The van der Waals surface area contributed by atoms with Gasteiger partial charge in [0.2, 0.25) is 5.91 Å². The van der Waals surface area contributed by atoms with Crippen molar-refractivity contribution in [1.82, 2.24) is 4.90 Å². The minimum atomic E-state index is -0.941. The molecule has 0 aromatic heterocycles. The maximum Gasteiger partial charge on any atom is 0.323 e. The first-order valence-corrected chi connectivity index (χ1v) is 7.22. The SMILES string of the molecule is CCN(CC(=O)O)C(=O)C1C2CCc3ccccc3C21. The van der Waals surface area contributed by atoms with Gasteiger partial charge in [-0.05, 0) is 42.7 Å². The van der Waals surface area contributed by atoms with E-state index >= 15 is 0 Å². The molecule has 1 N–H and O–H groups in total. The molecule has 1 fully saturated rings. The fraction of sp³-hybridized carbons (Fsp3) is 0.500. The van der Waals surface area contributed by atoms with Gasteiger partial charge in [-0.25, -0.2) is 0 Å². The fourth-order valence-electron chi connectivity index (χ4n) is 3.62. The number of carbonyl (C=O) groups excluding carboxylic acids is 1. The van der Waals surface area contributed by atoms with Crippen LogP contribution >= 0.6 is 0 Å². The minimum Gasteiger partial charge on any atom is -0.480 e. The number of aliphatic carboxylic acids is 1. The Hall–Kier alpha value is -1.84. The van der Waals surface area contributed by atoms with Gasteiger partial charge in [0.15, 0.2) is 0 Å². The van der Waals surface area contributed by atoms with E-state index in [9.17, 15) is 9.59 Å². The second kappa shape index (κ2) is 4.93. The molecule has 3 rings (SSSR count). The maximum atomic E-state index is 12.5. The Morgan fingerprint density at radius 1 is 1.35 bits per heavy atom. The smallest absolute Gasteiger partial charge is 0.323 e. The average molecular weight is 273 g/mol. The summed E-state index contributed by atoms with van der Waals surface area (Å²) in [6, 6.07) is 8.32. The molecular weight excluding hydrogens is 254 g/mol. The van der Waals surface area contributed by atoms with Crippen molar-refractivity contribution in [1.29, 1.82) is 0 Å². The molecule has 0 aliphatic heterocycles. The molecule has 0 spiro atoms. The minimum absolute atomic E-state index is 0.00190. The van der Waals surface area contributed by atoms with E-state index < -0.39 is 5.97 Å². The Kier molecular flexibility index (Phi) is 3.24. The normalized spacial score (nSPS) is 26.4. The monoisotopic (exact) mass is 273 g/mol. The highest BCUT2D eigenvalue weighted by atomic mass is 16.4. The van der Waals surface area contributed by atoms with Gasteiger partial charge >= 0.3 is 5.97 Å². The number of amides is 1. The Balaban J connectivity index is 1.78. The number of rotatable bonds is 4. The van der Waals surface area contributed by atoms with Crippen LogP contribution in [0.3, 0.4) is 0 Å². The van der Waals surface area contributed by atoms with Crippen molar-refractivity contribution < 1.29 is 14.7 Å². The lowest BCUT2D eigenvalue weighted by Gasteiger charge is -2.18. The lowest BCUT2D eigenvalue weighted by atomic mass is 9.92. The van der Waals surface area contributed by atoms with Gasteiger partial charge in [-0.1, -0.05) is 24.3 Å². The number of carboxylic acid groups (broad SMARTS) is 1. The Morgan fingerprint density at radius 3 is 2.80 bits per heavy atom. The lowest BCUT2D eigenvalue weighted by molar-refractivity contribution is -0.145. The summed E-state index contributed by atoms with van der Waals surface area (Å²) in [7, 11) is 0. The summed E-state index contributed by atoms with van der Waals surface area (Å²) in [6.07, 6.45) is 2.08. The molecule has 3 unspecified atom stereocenters. The zero-order chi connectivity index (χ0) is 14.3. The summed E-state index contributed by atoms with van der Waals surface area (Å²) in [4.78, 5) is 24.8. The van der Waals surface area contributed by atoms with Gasteiger partial charge in [-0.2, -0.15) is 0 Å². The molecule has 1 aromatic rings. The molecule has 2 aliphatic carbocycles. The lowest BCUT2D eigenvalue weighted by Crippen LogP contribution is -2.37. The molecule has 0 bridgehead atoms. The summed E-state index contributed by atoms with van der Waals surface area (Å²) >= 11 is 0. The Bertz CT molecular complexity index is 554. The molecule has 1 aromatic carbocycles. The van der Waals surface area contributed by atoms with Crippen molar-refractivity contribution in [3.63, 3.8) is 0 Å². The molecule has 106 valence electrons. The van der Waals surface area contributed by atoms with Gasteiger partial charge in [-0.15, -0.1) is 0 Å². The van der Waals surface area contributed by atoms with Gasteiger partial charge in [0, 0.05) is 12.5 Å². The first kappa shape index (κ1) is 13.2. The van der Waals surface area contributed by atoms with Crippen LogP contribution in [0, 0.1) is 11.8 Å². The number of aryl methyl sites for hydroxylation is 1. The molecule has 0 saturated heterocycles. The summed E-state index contributed by atoms with van der Waals surface area (Å²) in [5.74, 6) is -0.195. The highest BCUT2D eigenvalue weighted by molar-refractivity contribution is 5.87. The highest BCUT2D eigenvalue weighted by Crippen LogP contribution is 2.60. The van der Waals surface area contributed by atoms with Crippen molar-refractivity contribution in [2.24, 2.45) is 11.8 Å². The number of fused-ring (bicyclic) bond motifs is 3. The third kappa shape index (κ3) is 2.09. The van der Waals surface area contributed by atoms with Crippen molar-refractivity contribution in [2.45, 2.75) is 25.7 Å². The number of nitrogens with zero attached hydrogens (tertiary/aromatic N) is 1.